The van der Waals surface area contributed by atoms with Gasteiger partial charge >= 0.3 is 0 Å². The van der Waals surface area contributed by atoms with E-state index < -0.39 is 5.82 Å². The van der Waals surface area contributed by atoms with Crippen molar-refractivity contribution in [2.45, 2.75) is 18.8 Å². The third-order valence-electron chi connectivity index (χ3n) is 3.13. The Morgan fingerprint density at radius 3 is 2.79 bits per heavy atom. The summed E-state index contributed by atoms with van der Waals surface area (Å²) in [6.07, 6.45) is 3.46. The molecule has 0 spiro atoms. The SMILES string of the molecule is N#Cc1ncc(-c2cc(F)ccc2O)c(C2CC2)n1. The lowest BCUT2D eigenvalue weighted by molar-refractivity contribution is 0.475. The lowest BCUT2D eigenvalue weighted by atomic mass is 10.0. The molecule has 1 saturated carbocycles. The summed E-state index contributed by atoms with van der Waals surface area (Å²) in [4.78, 5) is 8.10. The summed E-state index contributed by atoms with van der Waals surface area (Å²) in [6.45, 7) is 0. The van der Waals surface area contributed by atoms with Gasteiger partial charge in [-0.3, -0.25) is 0 Å². The number of benzene rings is 1. The van der Waals surface area contributed by atoms with Crippen molar-refractivity contribution in [2.24, 2.45) is 0 Å². The molecule has 0 atom stereocenters. The normalized spacial score (nSPS) is 14.1. The van der Waals surface area contributed by atoms with Crippen LogP contribution in [-0.2, 0) is 0 Å². The Bertz CT molecular complexity index is 690. The van der Waals surface area contributed by atoms with Gasteiger partial charge < -0.3 is 5.11 Å². The molecule has 1 N–H and O–H groups in total. The van der Waals surface area contributed by atoms with Crippen LogP contribution in [0.5, 0.6) is 5.75 Å². The molecule has 1 aliphatic rings. The Morgan fingerprint density at radius 2 is 2.11 bits per heavy atom. The number of phenolic OH excluding ortho intramolecular Hbond substituents is 1. The maximum atomic E-state index is 13.3. The summed E-state index contributed by atoms with van der Waals surface area (Å²) in [5.74, 6) is -0.0789. The Labute approximate surface area is 109 Å². The molecule has 3 rings (SSSR count). The third kappa shape index (κ3) is 2.13. The van der Waals surface area contributed by atoms with Gasteiger partial charge in [-0.05, 0) is 31.0 Å². The smallest absolute Gasteiger partial charge is 0.232 e. The maximum absolute atomic E-state index is 13.3. The first-order valence-corrected chi connectivity index (χ1v) is 5.95. The van der Waals surface area contributed by atoms with Crippen LogP contribution < -0.4 is 0 Å². The number of nitrogens with zero attached hydrogens (tertiary/aromatic N) is 3. The van der Waals surface area contributed by atoms with E-state index in [0.29, 0.717) is 16.8 Å². The van der Waals surface area contributed by atoms with Gasteiger partial charge in [0.25, 0.3) is 0 Å². The highest BCUT2D eigenvalue weighted by atomic mass is 19.1. The van der Waals surface area contributed by atoms with Gasteiger partial charge in [0.2, 0.25) is 5.82 Å². The van der Waals surface area contributed by atoms with Crippen LogP contribution in [-0.4, -0.2) is 15.1 Å². The highest BCUT2D eigenvalue weighted by Gasteiger charge is 2.29. The van der Waals surface area contributed by atoms with Crippen molar-refractivity contribution in [2.75, 3.05) is 0 Å². The molecule has 5 heteroatoms. The Kier molecular flexibility index (Phi) is 2.64. The molecule has 1 aliphatic carbocycles. The molecule has 1 aromatic heterocycles. The maximum Gasteiger partial charge on any atom is 0.232 e. The van der Waals surface area contributed by atoms with Crippen LogP contribution in [0.15, 0.2) is 24.4 Å². The number of nitriles is 1. The topological polar surface area (TPSA) is 69.8 Å². The molecule has 0 saturated heterocycles. The molecule has 1 fully saturated rings. The van der Waals surface area contributed by atoms with E-state index in [1.807, 2.05) is 6.07 Å². The Balaban J connectivity index is 2.19. The number of rotatable bonds is 2. The van der Waals surface area contributed by atoms with Crippen molar-refractivity contribution < 1.29 is 9.50 Å². The third-order valence-corrected chi connectivity index (χ3v) is 3.13. The zero-order chi connectivity index (χ0) is 13.4. The van der Waals surface area contributed by atoms with E-state index in [9.17, 15) is 9.50 Å². The minimum absolute atomic E-state index is 0.0170. The molecule has 1 aromatic carbocycles. The summed E-state index contributed by atoms with van der Waals surface area (Å²) in [7, 11) is 0. The average Bonchev–Trinajstić information content (AvgIpc) is 3.25. The highest BCUT2D eigenvalue weighted by molar-refractivity contribution is 5.72. The number of hydrogen-bond acceptors (Lipinski definition) is 4. The van der Waals surface area contributed by atoms with Crippen molar-refractivity contribution in [1.82, 2.24) is 9.97 Å². The number of phenols is 1. The summed E-state index contributed by atoms with van der Waals surface area (Å²) >= 11 is 0. The second kappa shape index (κ2) is 4.32. The molecule has 19 heavy (non-hydrogen) atoms. The molecule has 2 aromatic rings. The molecule has 94 valence electrons. The summed E-state index contributed by atoms with van der Waals surface area (Å²) < 4.78 is 13.3. The van der Waals surface area contributed by atoms with E-state index in [-0.39, 0.29) is 17.5 Å². The predicted molar refractivity (Wildman–Crippen MR) is 65.8 cm³/mol. The molecule has 1 heterocycles. The fraction of sp³-hybridized carbons (Fsp3) is 0.214. The average molecular weight is 255 g/mol. The molecule has 0 amide bonds. The van der Waals surface area contributed by atoms with Crippen LogP contribution in [0.3, 0.4) is 0 Å². The van der Waals surface area contributed by atoms with Crippen LogP contribution >= 0.6 is 0 Å². The number of hydrogen-bond donors (Lipinski definition) is 1. The van der Waals surface area contributed by atoms with Crippen LogP contribution in [0.2, 0.25) is 0 Å². The lowest BCUT2D eigenvalue weighted by Gasteiger charge is -2.09. The molecule has 0 radical (unpaired) electrons. The van der Waals surface area contributed by atoms with Gasteiger partial charge in [-0.2, -0.15) is 5.26 Å². The van der Waals surface area contributed by atoms with Gasteiger partial charge in [0.1, 0.15) is 17.6 Å². The predicted octanol–water partition coefficient (Wildman–Crippen LogP) is 2.74. The minimum atomic E-state index is -0.432. The van der Waals surface area contributed by atoms with E-state index in [1.165, 1.54) is 24.4 Å². The molecule has 0 aliphatic heterocycles. The van der Waals surface area contributed by atoms with Crippen LogP contribution in [0.4, 0.5) is 4.39 Å². The van der Waals surface area contributed by atoms with Crippen LogP contribution in [0.1, 0.15) is 30.3 Å². The fourth-order valence-corrected chi connectivity index (χ4v) is 2.05. The first-order valence-electron chi connectivity index (χ1n) is 5.95. The first kappa shape index (κ1) is 11.6. The quantitative estimate of drug-likeness (QED) is 0.895. The Hall–Kier alpha value is -2.48. The van der Waals surface area contributed by atoms with Crippen molar-refractivity contribution in [3.8, 4) is 22.9 Å². The van der Waals surface area contributed by atoms with Crippen molar-refractivity contribution in [3.63, 3.8) is 0 Å². The molecule has 0 unspecified atom stereocenters. The second-order valence-electron chi connectivity index (χ2n) is 4.54. The van der Waals surface area contributed by atoms with E-state index in [2.05, 4.69) is 9.97 Å². The lowest BCUT2D eigenvalue weighted by Crippen LogP contribution is -1.98. The van der Waals surface area contributed by atoms with Crippen molar-refractivity contribution in [1.29, 1.82) is 5.26 Å². The standard InChI is InChI=1S/C14H10FN3O/c15-9-3-4-12(19)10(5-9)11-7-17-13(6-16)18-14(11)8-1-2-8/h3-5,7-8,19H,1-2H2. The minimum Gasteiger partial charge on any atom is -0.507 e. The number of aromatic nitrogens is 2. The zero-order valence-corrected chi connectivity index (χ0v) is 9.97. The van der Waals surface area contributed by atoms with Gasteiger partial charge in [0.15, 0.2) is 0 Å². The van der Waals surface area contributed by atoms with E-state index in [0.717, 1.165) is 12.8 Å². The summed E-state index contributed by atoms with van der Waals surface area (Å²) in [6, 6.07) is 5.65. The summed E-state index contributed by atoms with van der Waals surface area (Å²) in [5.41, 5.74) is 1.68. The van der Waals surface area contributed by atoms with Gasteiger partial charge in [0, 0.05) is 23.2 Å². The molecule has 0 bridgehead atoms. The van der Waals surface area contributed by atoms with Gasteiger partial charge in [-0.1, -0.05) is 0 Å². The number of halogens is 1. The van der Waals surface area contributed by atoms with Crippen LogP contribution in [0, 0.1) is 17.1 Å². The largest absolute Gasteiger partial charge is 0.507 e. The zero-order valence-electron chi connectivity index (χ0n) is 9.97. The van der Waals surface area contributed by atoms with E-state index in [1.54, 1.807) is 0 Å². The first-order chi connectivity index (χ1) is 9.19. The molecular weight excluding hydrogens is 245 g/mol. The van der Waals surface area contributed by atoms with Gasteiger partial charge in [-0.15, -0.1) is 0 Å². The van der Waals surface area contributed by atoms with Crippen molar-refractivity contribution in [3.05, 3.63) is 41.7 Å². The van der Waals surface area contributed by atoms with Crippen LogP contribution in [0.25, 0.3) is 11.1 Å². The van der Waals surface area contributed by atoms with Crippen molar-refractivity contribution >= 4 is 0 Å². The van der Waals surface area contributed by atoms with E-state index in [4.69, 9.17) is 5.26 Å². The van der Waals surface area contributed by atoms with Gasteiger partial charge in [-0.25, -0.2) is 14.4 Å². The molecular formula is C14H10FN3O. The fourth-order valence-electron chi connectivity index (χ4n) is 2.05. The monoisotopic (exact) mass is 255 g/mol. The van der Waals surface area contributed by atoms with Gasteiger partial charge in [0.05, 0.1) is 5.69 Å². The Morgan fingerprint density at radius 1 is 1.32 bits per heavy atom. The second-order valence-corrected chi connectivity index (χ2v) is 4.54. The highest BCUT2D eigenvalue weighted by Crippen LogP contribution is 2.44. The summed E-state index contributed by atoms with van der Waals surface area (Å²) in [5, 5.41) is 18.7. The van der Waals surface area contributed by atoms with E-state index >= 15 is 0 Å². The number of aromatic hydroxyl groups is 1. The molecule has 4 nitrogen and oxygen atoms in total.